The van der Waals surface area contributed by atoms with Crippen LogP contribution in [-0.2, 0) is 9.53 Å². The third kappa shape index (κ3) is 3.70. The minimum absolute atomic E-state index is 0. The Morgan fingerprint density at radius 3 is 2.73 bits per heavy atom. The average Bonchev–Trinajstić information content (AvgIpc) is 3.32. The lowest BCUT2D eigenvalue weighted by Crippen LogP contribution is -2.53. The Labute approximate surface area is 162 Å². The first-order valence-electron chi connectivity index (χ1n) is 9.59. The minimum atomic E-state index is -0.274. The molecule has 1 N–H and O–H groups in total. The van der Waals surface area contributed by atoms with E-state index in [1.807, 2.05) is 13.1 Å². The largest absolute Gasteiger partial charge is 0.384 e. The minimum Gasteiger partial charge on any atom is -0.384 e. The van der Waals surface area contributed by atoms with Crippen molar-refractivity contribution in [2.45, 2.75) is 45.1 Å². The first-order valence-corrected chi connectivity index (χ1v) is 9.59. The van der Waals surface area contributed by atoms with Crippen LogP contribution in [0.15, 0.2) is 18.3 Å². The van der Waals surface area contributed by atoms with Crippen LogP contribution in [0.4, 0.5) is 5.69 Å². The molecular formula is C20H30ClN3O2. The van der Waals surface area contributed by atoms with Gasteiger partial charge in [0, 0.05) is 43.7 Å². The zero-order chi connectivity index (χ0) is 17.4. The molecule has 5 nitrogen and oxygen atoms in total. The van der Waals surface area contributed by atoms with Crippen molar-refractivity contribution in [1.82, 2.24) is 10.3 Å². The van der Waals surface area contributed by atoms with E-state index in [9.17, 15) is 4.79 Å². The summed E-state index contributed by atoms with van der Waals surface area (Å²) in [6.07, 6.45) is 7.55. The second-order valence-corrected chi connectivity index (χ2v) is 8.21. The van der Waals surface area contributed by atoms with Crippen molar-refractivity contribution in [3.63, 3.8) is 0 Å². The van der Waals surface area contributed by atoms with Gasteiger partial charge in [0.05, 0.1) is 18.1 Å². The quantitative estimate of drug-likeness (QED) is 0.825. The number of rotatable bonds is 6. The van der Waals surface area contributed by atoms with E-state index in [0.29, 0.717) is 12.5 Å². The summed E-state index contributed by atoms with van der Waals surface area (Å²) in [7, 11) is 1.70. The number of nitrogens with zero attached hydrogens (tertiary/aromatic N) is 2. The number of pyridine rings is 1. The lowest BCUT2D eigenvalue weighted by atomic mass is 9.68. The first kappa shape index (κ1) is 19.4. The molecule has 0 aromatic carbocycles. The van der Waals surface area contributed by atoms with Gasteiger partial charge in [-0.15, -0.1) is 12.4 Å². The molecule has 3 aliphatic rings. The third-order valence-corrected chi connectivity index (χ3v) is 6.37. The molecule has 2 atom stereocenters. The SMILES string of the molecule is COCC1(C(=O)N[C@H]2CN(c3ccnc(C)c3)C[C@@H]2C2CC2)CCC1.Cl. The Hall–Kier alpha value is -1.33. The van der Waals surface area contributed by atoms with E-state index in [4.69, 9.17) is 4.74 Å². The van der Waals surface area contributed by atoms with Gasteiger partial charge in [-0.25, -0.2) is 0 Å². The van der Waals surface area contributed by atoms with Gasteiger partial charge >= 0.3 is 0 Å². The topological polar surface area (TPSA) is 54.5 Å². The van der Waals surface area contributed by atoms with Crippen molar-refractivity contribution in [3.05, 3.63) is 24.0 Å². The van der Waals surface area contributed by atoms with Crippen LogP contribution < -0.4 is 10.2 Å². The van der Waals surface area contributed by atoms with Crippen molar-refractivity contribution in [2.75, 3.05) is 31.7 Å². The second kappa shape index (κ2) is 7.73. The predicted octanol–water partition coefficient (Wildman–Crippen LogP) is 2.96. The van der Waals surface area contributed by atoms with Gasteiger partial charge < -0.3 is 15.0 Å². The fourth-order valence-corrected chi connectivity index (χ4v) is 4.56. The Morgan fingerprint density at radius 1 is 1.38 bits per heavy atom. The van der Waals surface area contributed by atoms with E-state index in [0.717, 1.165) is 44.0 Å². The smallest absolute Gasteiger partial charge is 0.228 e. The fraction of sp³-hybridized carbons (Fsp3) is 0.700. The van der Waals surface area contributed by atoms with E-state index in [-0.39, 0.29) is 29.8 Å². The number of carbonyl (C=O) groups excluding carboxylic acids is 1. The number of hydrogen-bond acceptors (Lipinski definition) is 4. The Balaban J connectivity index is 0.00000196. The lowest BCUT2D eigenvalue weighted by Gasteiger charge is -2.40. The third-order valence-electron chi connectivity index (χ3n) is 6.37. The highest BCUT2D eigenvalue weighted by Gasteiger charge is 2.48. The van der Waals surface area contributed by atoms with Gasteiger partial charge in [0.1, 0.15) is 0 Å². The van der Waals surface area contributed by atoms with Crippen molar-refractivity contribution in [1.29, 1.82) is 0 Å². The average molecular weight is 380 g/mol. The molecule has 1 saturated heterocycles. The maximum Gasteiger partial charge on any atom is 0.228 e. The molecule has 1 aromatic heterocycles. The number of aromatic nitrogens is 1. The zero-order valence-electron chi connectivity index (χ0n) is 15.7. The lowest BCUT2D eigenvalue weighted by molar-refractivity contribution is -0.141. The molecule has 0 bridgehead atoms. The number of nitrogens with one attached hydrogen (secondary N) is 1. The predicted molar refractivity (Wildman–Crippen MR) is 105 cm³/mol. The number of aryl methyl sites for hydroxylation is 1. The van der Waals surface area contributed by atoms with Crippen LogP contribution in [-0.4, -0.2) is 43.7 Å². The highest BCUT2D eigenvalue weighted by atomic mass is 35.5. The van der Waals surface area contributed by atoms with Crippen LogP contribution in [0.25, 0.3) is 0 Å². The molecule has 0 spiro atoms. The van der Waals surface area contributed by atoms with Gasteiger partial charge in [-0.3, -0.25) is 9.78 Å². The van der Waals surface area contributed by atoms with Crippen LogP contribution in [0.1, 0.15) is 37.8 Å². The number of methoxy groups -OCH3 is 1. The summed E-state index contributed by atoms with van der Waals surface area (Å²) in [5.74, 6) is 1.55. The van der Waals surface area contributed by atoms with Crippen LogP contribution >= 0.6 is 12.4 Å². The Morgan fingerprint density at radius 2 is 2.15 bits per heavy atom. The highest BCUT2D eigenvalue weighted by Crippen LogP contribution is 2.44. The van der Waals surface area contributed by atoms with Gasteiger partial charge in [0.25, 0.3) is 0 Å². The maximum atomic E-state index is 13.0. The van der Waals surface area contributed by atoms with Crippen molar-refractivity contribution in [2.24, 2.45) is 17.3 Å². The van der Waals surface area contributed by atoms with Gasteiger partial charge in [0.2, 0.25) is 5.91 Å². The normalized spacial score (nSPS) is 26.8. The Kier molecular flexibility index (Phi) is 5.78. The summed E-state index contributed by atoms with van der Waals surface area (Å²) >= 11 is 0. The molecule has 3 fully saturated rings. The van der Waals surface area contributed by atoms with E-state index in [2.05, 4.69) is 27.3 Å². The summed E-state index contributed by atoms with van der Waals surface area (Å²) in [6.45, 7) is 4.52. The molecule has 2 saturated carbocycles. The number of anilines is 1. The molecule has 2 aliphatic carbocycles. The van der Waals surface area contributed by atoms with E-state index >= 15 is 0 Å². The van der Waals surface area contributed by atoms with Crippen molar-refractivity contribution < 1.29 is 9.53 Å². The first-order chi connectivity index (χ1) is 12.1. The fourth-order valence-electron chi connectivity index (χ4n) is 4.56. The number of carbonyl (C=O) groups is 1. The standard InChI is InChI=1S/C20H29N3O2.ClH/c1-14-10-16(6-9-21-14)23-11-17(15-4-5-15)18(12-23)22-19(24)20(13-25-2)7-3-8-20;/h6,9-10,15,17-18H,3-5,7-8,11-13H2,1-2H3,(H,22,24);1H/t17-,18+;/m1./s1. The van der Waals surface area contributed by atoms with Gasteiger partial charge in [0.15, 0.2) is 0 Å². The number of hydrogen-bond donors (Lipinski definition) is 1. The van der Waals surface area contributed by atoms with Gasteiger partial charge in [-0.2, -0.15) is 0 Å². The van der Waals surface area contributed by atoms with Crippen molar-refractivity contribution >= 4 is 24.0 Å². The van der Waals surface area contributed by atoms with Crippen molar-refractivity contribution in [3.8, 4) is 0 Å². The number of amides is 1. The molecule has 144 valence electrons. The molecule has 6 heteroatoms. The number of ether oxygens (including phenoxy) is 1. The second-order valence-electron chi connectivity index (χ2n) is 8.21. The maximum absolute atomic E-state index is 13.0. The molecular weight excluding hydrogens is 350 g/mol. The molecule has 0 unspecified atom stereocenters. The summed E-state index contributed by atoms with van der Waals surface area (Å²) < 4.78 is 5.35. The van der Waals surface area contributed by atoms with E-state index in [1.54, 1.807) is 7.11 Å². The summed E-state index contributed by atoms with van der Waals surface area (Å²) in [6, 6.07) is 4.48. The monoisotopic (exact) mass is 379 g/mol. The summed E-state index contributed by atoms with van der Waals surface area (Å²) in [5.41, 5.74) is 2.00. The van der Waals surface area contributed by atoms with Crippen LogP contribution in [0.2, 0.25) is 0 Å². The van der Waals surface area contributed by atoms with Gasteiger partial charge in [-0.05, 0) is 50.7 Å². The summed E-state index contributed by atoms with van der Waals surface area (Å²) in [5, 5.41) is 3.42. The van der Waals surface area contributed by atoms with Crippen LogP contribution in [0.5, 0.6) is 0 Å². The van der Waals surface area contributed by atoms with Gasteiger partial charge in [-0.1, -0.05) is 6.42 Å². The molecule has 0 radical (unpaired) electrons. The van der Waals surface area contributed by atoms with E-state index < -0.39 is 0 Å². The molecule has 4 rings (SSSR count). The molecule has 1 amide bonds. The summed E-state index contributed by atoms with van der Waals surface area (Å²) in [4.78, 5) is 19.7. The molecule has 2 heterocycles. The Bertz CT molecular complexity index is 646. The molecule has 26 heavy (non-hydrogen) atoms. The molecule has 1 aromatic rings. The van der Waals surface area contributed by atoms with E-state index in [1.165, 1.54) is 18.5 Å². The zero-order valence-corrected chi connectivity index (χ0v) is 16.6. The van der Waals surface area contributed by atoms with Crippen LogP contribution in [0.3, 0.4) is 0 Å². The van der Waals surface area contributed by atoms with Crippen LogP contribution in [0, 0.1) is 24.2 Å². The molecule has 1 aliphatic heterocycles. The number of halogens is 1. The highest BCUT2D eigenvalue weighted by molar-refractivity contribution is 5.85.